The van der Waals surface area contributed by atoms with Gasteiger partial charge in [-0.1, -0.05) is 12.1 Å². The highest BCUT2D eigenvalue weighted by molar-refractivity contribution is 5.47. The van der Waals surface area contributed by atoms with E-state index in [1.54, 1.807) is 0 Å². The summed E-state index contributed by atoms with van der Waals surface area (Å²) in [4.78, 5) is 1.30. The molecule has 1 atom stereocenters. The van der Waals surface area contributed by atoms with Gasteiger partial charge in [0.25, 0.3) is 0 Å². The summed E-state index contributed by atoms with van der Waals surface area (Å²) in [6.45, 7) is 3.92. The molecule has 0 aromatic heterocycles. The van der Waals surface area contributed by atoms with E-state index in [1.807, 2.05) is 0 Å². The third-order valence-corrected chi connectivity index (χ3v) is 4.13. The van der Waals surface area contributed by atoms with E-state index < -0.39 is 0 Å². The molecule has 3 heteroatoms. The van der Waals surface area contributed by atoms with Gasteiger partial charge in [-0.2, -0.15) is 0 Å². The Labute approximate surface area is 109 Å². The van der Waals surface area contributed by atoms with Crippen LogP contribution in [0.5, 0.6) is 0 Å². The van der Waals surface area contributed by atoms with E-state index in [9.17, 15) is 0 Å². The van der Waals surface area contributed by atoms with Crippen molar-refractivity contribution in [3.05, 3.63) is 36.4 Å². The Morgan fingerprint density at radius 2 is 2.17 bits per heavy atom. The molecule has 3 nitrogen and oxygen atoms in total. The number of hydrogen-bond acceptors (Lipinski definition) is 2. The molecule has 1 aromatic rings. The van der Waals surface area contributed by atoms with Gasteiger partial charge in [-0.15, -0.1) is 7.05 Å². The van der Waals surface area contributed by atoms with Crippen molar-refractivity contribution in [2.75, 3.05) is 19.8 Å². The number of hydrogen-bond donors (Lipinski definition) is 2. The van der Waals surface area contributed by atoms with Crippen LogP contribution in [0.2, 0.25) is 0 Å². The third-order valence-electron chi connectivity index (χ3n) is 4.13. The predicted molar refractivity (Wildman–Crippen MR) is 71.7 cm³/mol. The van der Waals surface area contributed by atoms with Gasteiger partial charge < -0.3 is 15.0 Å². The van der Waals surface area contributed by atoms with Gasteiger partial charge in [-0.25, -0.2) is 0 Å². The number of fused-ring (bicyclic) bond motifs is 1. The Morgan fingerprint density at radius 1 is 1.33 bits per heavy atom. The summed E-state index contributed by atoms with van der Waals surface area (Å²) >= 11 is 0. The van der Waals surface area contributed by atoms with Crippen LogP contribution in [0.15, 0.2) is 18.2 Å². The lowest BCUT2D eigenvalue weighted by Gasteiger charge is -2.23. The van der Waals surface area contributed by atoms with Crippen LogP contribution < -0.4 is 10.2 Å². The van der Waals surface area contributed by atoms with Crippen LogP contribution in [-0.2, 0) is 17.7 Å². The van der Waals surface area contributed by atoms with Gasteiger partial charge in [0.2, 0.25) is 0 Å². The molecule has 2 heterocycles. The molecule has 0 saturated carbocycles. The smallest absolute Gasteiger partial charge is 0.108 e. The molecule has 0 radical (unpaired) electrons. The van der Waals surface area contributed by atoms with Crippen LogP contribution in [0.1, 0.15) is 24.0 Å². The highest BCUT2D eigenvalue weighted by Crippen LogP contribution is 2.21. The molecule has 18 heavy (non-hydrogen) atoms. The largest absolute Gasteiger partial charge is 0.434 e. The minimum Gasteiger partial charge on any atom is -0.434 e. The topological polar surface area (TPSA) is 25.7 Å². The van der Waals surface area contributed by atoms with E-state index in [0.717, 1.165) is 39.1 Å². The fourth-order valence-electron chi connectivity index (χ4n) is 2.99. The molecule has 1 unspecified atom stereocenters. The highest BCUT2D eigenvalue weighted by Gasteiger charge is 2.21. The van der Waals surface area contributed by atoms with E-state index in [4.69, 9.17) is 4.74 Å². The Morgan fingerprint density at radius 3 is 3.00 bits per heavy atom. The minimum absolute atomic E-state index is 0.624. The van der Waals surface area contributed by atoms with Gasteiger partial charge in [0.1, 0.15) is 5.69 Å². The summed E-state index contributed by atoms with van der Waals surface area (Å²) in [7, 11) is 4.15. The summed E-state index contributed by atoms with van der Waals surface area (Å²) in [5, 5.41) is 3.67. The number of nitrogens with one attached hydrogen (secondary N) is 2. The summed E-state index contributed by atoms with van der Waals surface area (Å²) in [5.74, 6) is 0. The van der Waals surface area contributed by atoms with Gasteiger partial charge in [0.15, 0.2) is 0 Å². The Bertz CT molecular complexity index is 413. The second-order valence-corrected chi connectivity index (χ2v) is 5.31. The van der Waals surface area contributed by atoms with Crippen LogP contribution in [0.25, 0.3) is 0 Å². The van der Waals surface area contributed by atoms with E-state index >= 15 is 0 Å². The lowest BCUT2D eigenvalue weighted by Crippen LogP contribution is -3.00. The first-order valence-corrected chi connectivity index (χ1v) is 6.94. The quantitative estimate of drug-likeness (QED) is 0.772. The molecule has 1 fully saturated rings. The molecular weight excluding hydrogens is 224 g/mol. The van der Waals surface area contributed by atoms with Crippen molar-refractivity contribution in [3.8, 4) is 0 Å². The Kier molecular flexibility index (Phi) is 3.64. The molecule has 3 rings (SSSR count). The van der Waals surface area contributed by atoms with E-state index in [1.165, 1.54) is 28.1 Å². The molecule has 0 aliphatic carbocycles. The van der Waals surface area contributed by atoms with Gasteiger partial charge in [-0.3, -0.25) is 0 Å². The molecule has 0 bridgehead atoms. The first-order chi connectivity index (χ1) is 8.84. The average molecular weight is 246 g/mol. The summed E-state index contributed by atoms with van der Waals surface area (Å²) in [6, 6.07) is 7.25. The standard InChI is InChI=1S/C15H22N2O/c1-17-8-5-14-12(3-2-4-15(14)17)11-16-13-6-9-18-10-7-13/h2-4,13,16-17H,1,5-11H2. The molecule has 1 aromatic carbocycles. The zero-order valence-electron chi connectivity index (χ0n) is 10.9. The first-order valence-electron chi connectivity index (χ1n) is 6.94. The Balaban J connectivity index is 1.66. The van der Waals surface area contributed by atoms with Crippen molar-refractivity contribution in [1.82, 2.24) is 5.32 Å². The second-order valence-electron chi connectivity index (χ2n) is 5.31. The van der Waals surface area contributed by atoms with Crippen molar-refractivity contribution >= 4 is 5.69 Å². The maximum Gasteiger partial charge on any atom is 0.108 e. The normalized spacial score (nSPS) is 24.2. The lowest BCUT2D eigenvalue weighted by molar-refractivity contribution is -0.775. The van der Waals surface area contributed by atoms with Crippen molar-refractivity contribution < 1.29 is 9.64 Å². The first kappa shape index (κ1) is 12.2. The molecule has 98 valence electrons. The highest BCUT2D eigenvalue weighted by atomic mass is 16.5. The molecule has 2 aliphatic heterocycles. The van der Waals surface area contributed by atoms with Gasteiger partial charge in [0.05, 0.1) is 6.54 Å². The zero-order chi connectivity index (χ0) is 12.4. The maximum absolute atomic E-state index is 5.39. The van der Waals surface area contributed by atoms with Crippen LogP contribution in [-0.4, -0.2) is 25.8 Å². The molecule has 2 aliphatic rings. The SMILES string of the molecule is [CH2-][NH+]1CCc2c(CNC3CCOCC3)cccc21. The van der Waals surface area contributed by atoms with Crippen LogP contribution in [0.4, 0.5) is 5.69 Å². The predicted octanol–water partition coefficient (Wildman–Crippen LogP) is 0.819. The summed E-state index contributed by atoms with van der Waals surface area (Å²) in [6.07, 6.45) is 3.45. The Hall–Kier alpha value is -0.900. The van der Waals surface area contributed by atoms with Crippen LogP contribution >= 0.6 is 0 Å². The molecule has 2 N–H and O–H groups in total. The zero-order valence-corrected chi connectivity index (χ0v) is 10.9. The molecular formula is C15H22N2O. The fraction of sp³-hybridized carbons (Fsp3) is 0.533. The monoisotopic (exact) mass is 246 g/mol. The summed E-state index contributed by atoms with van der Waals surface area (Å²) < 4.78 is 5.39. The number of benzene rings is 1. The lowest BCUT2D eigenvalue weighted by atomic mass is 10.0. The van der Waals surface area contributed by atoms with Gasteiger partial charge in [0, 0.05) is 37.8 Å². The number of ether oxygens (including phenoxy) is 1. The van der Waals surface area contributed by atoms with Crippen molar-refractivity contribution in [3.63, 3.8) is 0 Å². The van der Waals surface area contributed by atoms with Crippen molar-refractivity contribution in [2.24, 2.45) is 0 Å². The average Bonchev–Trinajstić information content (AvgIpc) is 2.80. The van der Waals surface area contributed by atoms with Gasteiger partial charge >= 0.3 is 0 Å². The van der Waals surface area contributed by atoms with E-state index in [-0.39, 0.29) is 0 Å². The van der Waals surface area contributed by atoms with E-state index in [2.05, 4.69) is 30.6 Å². The maximum atomic E-state index is 5.39. The van der Waals surface area contributed by atoms with E-state index in [0.29, 0.717) is 6.04 Å². The molecule has 0 amide bonds. The third kappa shape index (κ3) is 2.44. The fourth-order valence-corrected chi connectivity index (χ4v) is 2.99. The van der Waals surface area contributed by atoms with Crippen molar-refractivity contribution in [1.29, 1.82) is 0 Å². The van der Waals surface area contributed by atoms with Crippen LogP contribution in [0, 0.1) is 7.05 Å². The van der Waals surface area contributed by atoms with Gasteiger partial charge in [-0.05, 0) is 24.5 Å². The number of quaternary nitrogens is 1. The molecule has 1 saturated heterocycles. The second kappa shape index (κ2) is 5.39. The van der Waals surface area contributed by atoms with Crippen molar-refractivity contribution in [2.45, 2.75) is 31.8 Å². The van der Waals surface area contributed by atoms with Crippen LogP contribution in [0.3, 0.4) is 0 Å². The summed E-state index contributed by atoms with van der Waals surface area (Å²) in [5.41, 5.74) is 4.36. The number of rotatable bonds is 3. The molecule has 0 spiro atoms. The minimum atomic E-state index is 0.624.